The van der Waals surface area contributed by atoms with Crippen molar-refractivity contribution < 1.29 is 48.4 Å². The minimum Gasteiger partial charge on any atom is -0.507 e. The van der Waals surface area contributed by atoms with Crippen molar-refractivity contribution in [2.75, 3.05) is 19.6 Å². The van der Waals surface area contributed by atoms with Crippen LogP contribution in [0.15, 0.2) is 52.5 Å². The van der Waals surface area contributed by atoms with Gasteiger partial charge in [0.15, 0.2) is 0 Å². The van der Waals surface area contributed by atoms with Gasteiger partial charge in [-0.1, -0.05) is 59.8 Å². The zero-order valence-electron chi connectivity index (χ0n) is 36.2. The Balaban J connectivity index is 1.44. The van der Waals surface area contributed by atoms with Crippen molar-refractivity contribution in [3.63, 3.8) is 0 Å². The smallest absolute Gasteiger partial charge is 0.313 e. The topological polar surface area (TPSA) is 193 Å². The first-order valence-electron chi connectivity index (χ1n) is 21.1. The fraction of sp³-hybridized carbons (Fsp3) is 0.565. The number of Topliss-reactive ketones (excluding diaryl/α,β-unsaturated/α-hetero) is 2. The lowest BCUT2D eigenvalue weighted by atomic mass is 9.80. The third-order valence-corrected chi connectivity index (χ3v) is 12.5. The molecule has 1 aliphatic carbocycles. The number of piperidine rings is 1. The molecule has 1 amide bonds. The zero-order chi connectivity index (χ0) is 43.8. The number of allylic oxidation sites excluding steroid dienone is 6. The van der Waals surface area contributed by atoms with Crippen molar-refractivity contribution in [2.45, 2.75) is 118 Å². The first kappa shape index (κ1) is 44.5. The predicted octanol–water partition coefficient (Wildman–Crippen LogP) is 5.59. The van der Waals surface area contributed by atoms with E-state index in [2.05, 4.69) is 29.4 Å². The van der Waals surface area contributed by atoms with Crippen LogP contribution in [0.25, 0.3) is 0 Å². The van der Waals surface area contributed by atoms with Crippen LogP contribution in [0.5, 0.6) is 11.5 Å². The number of aldehydes is 1. The lowest BCUT2D eigenvalue weighted by Gasteiger charge is -2.38. The number of amides is 1. The maximum atomic E-state index is 14.7. The van der Waals surface area contributed by atoms with Gasteiger partial charge in [-0.2, -0.15) is 0 Å². The fourth-order valence-electron chi connectivity index (χ4n) is 9.14. The molecular weight excluding hydrogens is 769 g/mol. The second-order valence-electron chi connectivity index (χ2n) is 18.0. The van der Waals surface area contributed by atoms with E-state index in [1.807, 2.05) is 33.8 Å². The Labute approximate surface area is 352 Å². The number of hydrogen-bond donors (Lipinski definition) is 4. The van der Waals surface area contributed by atoms with E-state index in [1.54, 1.807) is 32.1 Å². The molecule has 0 saturated carbocycles. The molecular formula is C46H60N4O10. The highest BCUT2D eigenvalue weighted by molar-refractivity contribution is 6.34. The molecule has 6 aliphatic rings. The van der Waals surface area contributed by atoms with E-state index in [1.165, 1.54) is 13.2 Å². The number of benzene rings is 1. The third-order valence-electron chi connectivity index (χ3n) is 12.5. The Bertz CT molecular complexity index is 2090. The van der Waals surface area contributed by atoms with Crippen LogP contribution in [0.2, 0.25) is 0 Å². The summed E-state index contributed by atoms with van der Waals surface area (Å²) in [6, 6.07) is 0. The first-order valence-corrected chi connectivity index (χ1v) is 21.1. The predicted molar refractivity (Wildman–Crippen MR) is 224 cm³/mol. The van der Waals surface area contributed by atoms with Crippen molar-refractivity contribution >= 4 is 35.4 Å². The van der Waals surface area contributed by atoms with Crippen molar-refractivity contribution in [1.29, 1.82) is 0 Å². The van der Waals surface area contributed by atoms with Gasteiger partial charge in [0.2, 0.25) is 5.78 Å². The standard InChI is InChI=1S/C46H60N4O10/c1-24(2)23-50-18-16-46(17-19-50)48-35-32-33-39(54)30(8)42-34(32)43(56)45(9,60-42)58-21-11-14-26(4)41(59-31(52)15-20-51)29(7)38(53)28(6)22-25(3)12-10-13-27(5)44(57)47-37(40(33)55)36(35)49-46/h10-13,20-21,24-26,28-29,38,41,49,53-54H,14-19,22-23H2,1-9H3,(H,47,57)/b12-10+,21-11+,27-13-/t25?,26-,28-,29-,38?,41?,45?/m1/s1. The van der Waals surface area contributed by atoms with E-state index in [0.717, 1.165) is 19.6 Å². The fourth-order valence-corrected chi connectivity index (χ4v) is 9.14. The summed E-state index contributed by atoms with van der Waals surface area (Å²) in [6.07, 6.45) is 8.82. The summed E-state index contributed by atoms with van der Waals surface area (Å²) in [5.41, 5.74) is 0.108. The van der Waals surface area contributed by atoms with E-state index in [4.69, 9.17) is 19.2 Å². The number of nitrogens with one attached hydrogen (secondary N) is 2. The summed E-state index contributed by atoms with van der Waals surface area (Å²) >= 11 is 0. The Hall–Kier alpha value is -5.08. The summed E-state index contributed by atoms with van der Waals surface area (Å²) in [6.45, 7) is 18.9. The minimum atomic E-state index is -1.91. The van der Waals surface area contributed by atoms with Gasteiger partial charge in [0.1, 0.15) is 41.7 Å². The molecule has 5 aliphatic heterocycles. The lowest BCUT2D eigenvalue weighted by Crippen LogP contribution is -2.50. The molecule has 1 spiro atoms. The van der Waals surface area contributed by atoms with Gasteiger partial charge in [0, 0.05) is 62.0 Å². The number of hydrogen-bond acceptors (Lipinski definition) is 13. The number of ether oxygens (including phenoxy) is 3. The molecule has 7 atom stereocenters. The Morgan fingerprint density at radius 2 is 1.77 bits per heavy atom. The summed E-state index contributed by atoms with van der Waals surface area (Å²) in [5.74, 6) is -5.38. The molecule has 14 nitrogen and oxygen atoms in total. The summed E-state index contributed by atoms with van der Waals surface area (Å²) < 4.78 is 18.1. The molecule has 5 bridgehead atoms. The molecule has 1 aromatic carbocycles. The van der Waals surface area contributed by atoms with Gasteiger partial charge in [0.25, 0.3) is 11.7 Å². The second-order valence-corrected chi connectivity index (χ2v) is 18.0. The van der Waals surface area contributed by atoms with E-state index in [-0.39, 0.29) is 62.9 Å². The molecule has 0 aromatic heterocycles. The monoisotopic (exact) mass is 828 g/mol. The van der Waals surface area contributed by atoms with E-state index >= 15 is 0 Å². The van der Waals surface area contributed by atoms with Crippen molar-refractivity contribution in [1.82, 2.24) is 15.5 Å². The van der Waals surface area contributed by atoms with Crippen molar-refractivity contribution in [3.8, 4) is 11.5 Å². The van der Waals surface area contributed by atoms with Gasteiger partial charge in [-0.25, -0.2) is 0 Å². The highest BCUT2D eigenvalue weighted by Crippen LogP contribution is 2.50. The number of carbonyl (C=O) groups excluding carboxylic acids is 5. The number of rotatable bonds is 5. The number of aliphatic hydroxyl groups is 1. The number of likely N-dealkylation sites (tertiary alicyclic amines) is 1. The van der Waals surface area contributed by atoms with E-state index in [9.17, 15) is 34.2 Å². The molecule has 0 radical (unpaired) electrons. The number of fused-ring (bicyclic) bond motifs is 13. The average Bonchev–Trinajstić information content (AvgIpc) is 3.69. The van der Waals surface area contributed by atoms with Crippen LogP contribution in [0.4, 0.5) is 0 Å². The summed E-state index contributed by atoms with van der Waals surface area (Å²) in [5, 5.41) is 29.6. The molecule has 4 N–H and O–H groups in total. The quantitative estimate of drug-likeness (QED) is 0.164. The van der Waals surface area contributed by atoms with Gasteiger partial charge in [-0.15, -0.1) is 0 Å². The molecule has 7 rings (SSSR count). The normalized spacial score (nSPS) is 31.6. The highest BCUT2D eigenvalue weighted by atomic mass is 16.7. The van der Waals surface area contributed by atoms with Gasteiger partial charge in [0.05, 0.1) is 34.9 Å². The van der Waals surface area contributed by atoms with E-state index < -0.39 is 65.2 Å². The lowest BCUT2D eigenvalue weighted by molar-refractivity contribution is -0.158. The second kappa shape index (κ2) is 17.5. The first-order chi connectivity index (χ1) is 28.3. The molecule has 60 heavy (non-hydrogen) atoms. The number of carbonyl (C=O) groups is 5. The highest BCUT2D eigenvalue weighted by Gasteiger charge is 2.54. The molecule has 1 aromatic rings. The van der Waals surface area contributed by atoms with Crippen LogP contribution in [0.1, 0.15) is 119 Å². The zero-order valence-corrected chi connectivity index (χ0v) is 36.2. The third kappa shape index (κ3) is 8.58. The number of phenols is 1. The molecule has 14 heteroatoms. The largest absolute Gasteiger partial charge is 0.507 e. The number of esters is 1. The van der Waals surface area contributed by atoms with Crippen LogP contribution < -0.4 is 15.4 Å². The van der Waals surface area contributed by atoms with Crippen molar-refractivity contribution in [2.24, 2.45) is 34.6 Å². The Morgan fingerprint density at radius 3 is 2.43 bits per heavy atom. The number of ketones is 2. The van der Waals surface area contributed by atoms with Crippen LogP contribution >= 0.6 is 0 Å². The van der Waals surface area contributed by atoms with Crippen LogP contribution in [0, 0.1) is 36.5 Å². The van der Waals surface area contributed by atoms with Crippen LogP contribution in [-0.4, -0.2) is 93.8 Å². The van der Waals surface area contributed by atoms with Crippen LogP contribution in [-0.2, 0) is 23.9 Å². The molecule has 5 heterocycles. The van der Waals surface area contributed by atoms with E-state index in [0.29, 0.717) is 43.5 Å². The van der Waals surface area contributed by atoms with Crippen LogP contribution in [0.3, 0.4) is 0 Å². The maximum absolute atomic E-state index is 14.7. The average molecular weight is 829 g/mol. The van der Waals surface area contributed by atoms with Gasteiger partial charge in [-0.05, 0) is 56.4 Å². The summed E-state index contributed by atoms with van der Waals surface area (Å²) in [4.78, 5) is 74.5. The molecule has 1 saturated heterocycles. The maximum Gasteiger partial charge on any atom is 0.313 e. The molecule has 4 unspecified atom stereocenters. The van der Waals surface area contributed by atoms with Gasteiger partial charge < -0.3 is 44.8 Å². The van der Waals surface area contributed by atoms with Crippen molar-refractivity contribution in [3.05, 3.63) is 69.8 Å². The minimum absolute atomic E-state index is 0.0157. The summed E-state index contributed by atoms with van der Waals surface area (Å²) in [7, 11) is 0. The molecule has 324 valence electrons. The van der Waals surface area contributed by atoms with Gasteiger partial charge in [-0.3, -0.25) is 24.2 Å². The number of aromatic hydroxyl groups is 1. The number of phenolic OH excluding ortho intramolecular Hbond substituents is 1. The SMILES string of the molecule is C/C1=C/C=C/C(C)C[C@@H](C)C(O)[C@@H](C)C(OC(=O)CC=O)[C@H](C)C/C=C/OC2(C)Oc3c(C)c(O)c4c(c3C2=O)C2=NC3(CCN(CC(C)C)CC3)NC2=C(NC1=O)C4=O. The number of nitrogens with zero attached hydrogens (tertiary/aromatic N) is 2. The Kier molecular flexibility index (Phi) is 13.0. The number of aliphatic hydroxyl groups excluding tert-OH is 1. The Morgan fingerprint density at radius 1 is 1.07 bits per heavy atom. The molecule has 1 fully saturated rings. The number of aliphatic imine (C=N–C) groups is 1. The van der Waals surface area contributed by atoms with Gasteiger partial charge >= 0.3 is 11.8 Å².